The molecule has 0 aromatic heterocycles. The highest BCUT2D eigenvalue weighted by atomic mass is 19.1. The second-order valence-corrected chi connectivity index (χ2v) is 3.85. The Morgan fingerprint density at radius 2 is 2.25 bits per heavy atom. The molecule has 3 N–H and O–H groups in total. The average molecular weight is 224 g/mol. The fraction of sp³-hybridized carbons (Fsp3) is 0.417. The number of carbonyl (C=O) groups excluding carboxylic acids is 1. The Balaban J connectivity index is 2.66. The standard InChI is InChI=1S/C12H17FN2O/c1-3-4-11(14)12(16)15-9-5-6-10(13)8(2)7-9/h5-7,11H,3-4,14H2,1-2H3,(H,15,16)/t11-/m1/s1. The molecule has 1 aromatic carbocycles. The van der Waals surface area contributed by atoms with Gasteiger partial charge in [-0.15, -0.1) is 0 Å². The van der Waals surface area contributed by atoms with Crippen LogP contribution in [-0.2, 0) is 4.79 Å². The Hall–Kier alpha value is -1.42. The van der Waals surface area contributed by atoms with E-state index in [-0.39, 0.29) is 11.7 Å². The lowest BCUT2D eigenvalue weighted by molar-refractivity contribution is -0.117. The normalized spacial score (nSPS) is 12.2. The third kappa shape index (κ3) is 3.31. The molecule has 0 heterocycles. The van der Waals surface area contributed by atoms with Crippen molar-refractivity contribution in [2.24, 2.45) is 5.73 Å². The van der Waals surface area contributed by atoms with Crippen molar-refractivity contribution in [1.29, 1.82) is 0 Å². The molecule has 0 unspecified atom stereocenters. The van der Waals surface area contributed by atoms with Gasteiger partial charge in [0.05, 0.1) is 6.04 Å². The van der Waals surface area contributed by atoms with Gasteiger partial charge in [-0.25, -0.2) is 4.39 Å². The molecule has 0 aliphatic heterocycles. The maximum atomic E-state index is 13.0. The Morgan fingerprint density at radius 1 is 1.56 bits per heavy atom. The highest BCUT2D eigenvalue weighted by Gasteiger charge is 2.12. The lowest BCUT2D eigenvalue weighted by atomic mass is 10.1. The zero-order valence-corrected chi connectivity index (χ0v) is 9.59. The maximum Gasteiger partial charge on any atom is 0.241 e. The fourth-order valence-corrected chi connectivity index (χ4v) is 1.40. The van der Waals surface area contributed by atoms with Crippen molar-refractivity contribution in [2.75, 3.05) is 5.32 Å². The van der Waals surface area contributed by atoms with Crippen molar-refractivity contribution in [3.63, 3.8) is 0 Å². The first-order valence-corrected chi connectivity index (χ1v) is 5.37. The van der Waals surface area contributed by atoms with Crippen LogP contribution >= 0.6 is 0 Å². The van der Waals surface area contributed by atoms with E-state index < -0.39 is 6.04 Å². The molecule has 1 rings (SSSR count). The van der Waals surface area contributed by atoms with Gasteiger partial charge in [0.15, 0.2) is 0 Å². The Bertz CT molecular complexity index is 379. The highest BCUT2D eigenvalue weighted by Crippen LogP contribution is 2.14. The van der Waals surface area contributed by atoms with Gasteiger partial charge in [-0.05, 0) is 37.1 Å². The minimum atomic E-state index is -0.504. The van der Waals surface area contributed by atoms with Gasteiger partial charge in [0, 0.05) is 5.69 Å². The number of nitrogens with one attached hydrogen (secondary N) is 1. The lowest BCUT2D eigenvalue weighted by Crippen LogP contribution is -2.35. The largest absolute Gasteiger partial charge is 0.325 e. The summed E-state index contributed by atoms with van der Waals surface area (Å²) in [5, 5.41) is 2.66. The molecule has 0 radical (unpaired) electrons. The van der Waals surface area contributed by atoms with Crippen molar-refractivity contribution in [2.45, 2.75) is 32.7 Å². The summed E-state index contributed by atoms with van der Waals surface area (Å²) in [6.07, 6.45) is 1.50. The smallest absolute Gasteiger partial charge is 0.241 e. The zero-order valence-electron chi connectivity index (χ0n) is 9.59. The van der Waals surface area contributed by atoms with Gasteiger partial charge < -0.3 is 11.1 Å². The Morgan fingerprint density at radius 3 is 2.81 bits per heavy atom. The quantitative estimate of drug-likeness (QED) is 0.823. The Kier molecular flexibility index (Phi) is 4.43. The summed E-state index contributed by atoms with van der Waals surface area (Å²) in [7, 11) is 0. The number of amides is 1. The van der Waals surface area contributed by atoms with E-state index >= 15 is 0 Å². The van der Waals surface area contributed by atoms with Crippen molar-refractivity contribution in [1.82, 2.24) is 0 Å². The number of anilines is 1. The van der Waals surface area contributed by atoms with Crippen LogP contribution < -0.4 is 11.1 Å². The summed E-state index contributed by atoms with van der Waals surface area (Å²) in [6.45, 7) is 3.62. The zero-order chi connectivity index (χ0) is 12.1. The maximum absolute atomic E-state index is 13.0. The molecule has 88 valence electrons. The number of aryl methyl sites for hydroxylation is 1. The topological polar surface area (TPSA) is 55.1 Å². The first-order valence-electron chi connectivity index (χ1n) is 5.37. The molecule has 0 aliphatic carbocycles. The van der Waals surface area contributed by atoms with Gasteiger partial charge in [0.1, 0.15) is 5.82 Å². The van der Waals surface area contributed by atoms with Gasteiger partial charge >= 0.3 is 0 Å². The molecular weight excluding hydrogens is 207 g/mol. The predicted molar refractivity (Wildman–Crippen MR) is 62.7 cm³/mol. The van der Waals surface area contributed by atoms with Crippen molar-refractivity contribution in [3.8, 4) is 0 Å². The van der Waals surface area contributed by atoms with Gasteiger partial charge in [0.25, 0.3) is 0 Å². The van der Waals surface area contributed by atoms with Crippen LogP contribution in [0, 0.1) is 12.7 Å². The third-order valence-electron chi connectivity index (χ3n) is 2.36. The van der Waals surface area contributed by atoms with Crippen molar-refractivity contribution >= 4 is 11.6 Å². The van der Waals surface area contributed by atoms with E-state index in [0.717, 1.165) is 6.42 Å². The summed E-state index contributed by atoms with van der Waals surface area (Å²) < 4.78 is 13.0. The van der Waals surface area contributed by atoms with Gasteiger partial charge in [0.2, 0.25) is 5.91 Å². The van der Waals surface area contributed by atoms with Gasteiger partial charge in [-0.3, -0.25) is 4.79 Å². The van der Waals surface area contributed by atoms with Crippen LogP contribution in [0.4, 0.5) is 10.1 Å². The first-order chi connectivity index (χ1) is 7.54. The first kappa shape index (κ1) is 12.6. The number of benzene rings is 1. The van der Waals surface area contributed by atoms with Gasteiger partial charge in [-0.2, -0.15) is 0 Å². The number of carbonyl (C=O) groups is 1. The van der Waals surface area contributed by atoms with Crippen molar-refractivity contribution in [3.05, 3.63) is 29.6 Å². The molecule has 0 saturated heterocycles. The number of rotatable bonds is 4. The van der Waals surface area contributed by atoms with Crippen LogP contribution in [0.5, 0.6) is 0 Å². The Labute approximate surface area is 94.8 Å². The van der Waals surface area contributed by atoms with Crippen LogP contribution in [0.2, 0.25) is 0 Å². The highest BCUT2D eigenvalue weighted by molar-refractivity contribution is 5.94. The molecule has 1 aromatic rings. The van der Waals surface area contributed by atoms with Crippen LogP contribution in [-0.4, -0.2) is 11.9 Å². The molecule has 1 amide bonds. The molecule has 0 spiro atoms. The molecule has 16 heavy (non-hydrogen) atoms. The molecule has 0 aliphatic rings. The van der Waals surface area contributed by atoms with E-state index in [1.165, 1.54) is 12.1 Å². The summed E-state index contributed by atoms with van der Waals surface area (Å²) in [5.74, 6) is -0.510. The fourth-order valence-electron chi connectivity index (χ4n) is 1.40. The van der Waals surface area contributed by atoms with Gasteiger partial charge in [-0.1, -0.05) is 13.3 Å². The summed E-state index contributed by atoms with van der Waals surface area (Å²) >= 11 is 0. The minimum Gasteiger partial charge on any atom is -0.325 e. The molecule has 0 bridgehead atoms. The second kappa shape index (κ2) is 5.61. The molecule has 3 nitrogen and oxygen atoms in total. The molecule has 1 atom stereocenters. The number of halogens is 1. The monoisotopic (exact) mass is 224 g/mol. The molecule has 0 fully saturated rings. The number of nitrogens with two attached hydrogens (primary N) is 1. The lowest BCUT2D eigenvalue weighted by Gasteiger charge is -2.11. The third-order valence-corrected chi connectivity index (χ3v) is 2.36. The van der Waals surface area contributed by atoms with E-state index in [1.54, 1.807) is 13.0 Å². The van der Waals surface area contributed by atoms with Crippen LogP contribution in [0.25, 0.3) is 0 Å². The van der Waals surface area contributed by atoms with E-state index in [9.17, 15) is 9.18 Å². The van der Waals surface area contributed by atoms with Crippen molar-refractivity contribution < 1.29 is 9.18 Å². The van der Waals surface area contributed by atoms with E-state index in [2.05, 4.69) is 5.32 Å². The van der Waals surface area contributed by atoms with Crippen LogP contribution in [0.3, 0.4) is 0 Å². The second-order valence-electron chi connectivity index (χ2n) is 3.85. The predicted octanol–water partition coefficient (Wildman–Crippen LogP) is 2.20. The molecular formula is C12H17FN2O. The molecule has 4 heteroatoms. The average Bonchev–Trinajstić information content (AvgIpc) is 2.24. The van der Waals surface area contributed by atoms with E-state index in [1.807, 2.05) is 6.92 Å². The van der Waals surface area contributed by atoms with E-state index in [4.69, 9.17) is 5.73 Å². The minimum absolute atomic E-state index is 0.229. The number of hydrogen-bond donors (Lipinski definition) is 2. The SMILES string of the molecule is CCC[C@@H](N)C(=O)Nc1ccc(F)c(C)c1. The van der Waals surface area contributed by atoms with E-state index in [0.29, 0.717) is 17.7 Å². The summed E-state index contributed by atoms with van der Waals surface area (Å²) in [6, 6.07) is 3.94. The molecule has 0 saturated carbocycles. The summed E-state index contributed by atoms with van der Waals surface area (Å²) in [5.41, 5.74) is 6.74. The van der Waals surface area contributed by atoms with Crippen LogP contribution in [0.1, 0.15) is 25.3 Å². The summed E-state index contributed by atoms with van der Waals surface area (Å²) in [4.78, 5) is 11.6. The number of hydrogen-bond acceptors (Lipinski definition) is 2. The van der Waals surface area contributed by atoms with Crippen LogP contribution in [0.15, 0.2) is 18.2 Å².